The van der Waals surface area contributed by atoms with Crippen LogP contribution in [0, 0.1) is 0 Å². The molecule has 1 atom stereocenters. The molecule has 5 rings (SSSR count). The monoisotopic (exact) mass is 451 g/mol. The first kappa shape index (κ1) is 21.2. The molecule has 2 aliphatic rings. The van der Waals surface area contributed by atoms with Gasteiger partial charge in [-0.15, -0.1) is 11.3 Å². The zero-order valence-electron chi connectivity index (χ0n) is 18.5. The Morgan fingerprint density at radius 1 is 1.22 bits per heavy atom. The van der Waals surface area contributed by atoms with E-state index in [-0.39, 0.29) is 17.4 Å². The summed E-state index contributed by atoms with van der Waals surface area (Å²) in [6.07, 6.45) is 7.47. The Balaban J connectivity index is 1.30. The highest BCUT2D eigenvalue weighted by molar-refractivity contribution is 7.18. The van der Waals surface area contributed by atoms with E-state index in [2.05, 4.69) is 4.98 Å². The second kappa shape index (κ2) is 9.06. The first-order chi connectivity index (χ1) is 15.6. The molecule has 1 aliphatic carbocycles. The fourth-order valence-corrected chi connectivity index (χ4v) is 6.33. The van der Waals surface area contributed by atoms with Crippen LogP contribution in [0.2, 0.25) is 0 Å². The third-order valence-electron chi connectivity index (χ3n) is 6.80. The van der Waals surface area contributed by atoms with Crippen LogP contribution in [0.3, 0.4) is 0 Å². The number of rotatable bonds is 4. The van der Waals surface area contributed by atoms with Crippen LogP contribution in [0.1, 0.15) is 59.9 Å². The molecule has 1 aliphatic heterocycles. The van der Waals surface area contributed by atoms with Crippen LogP contribution in [-0.4, -0.2) is 41.0 Å². The number of amides is 1. The Labute approximate surface area is 191 Å². The number of methoxy groups -OCH3 is 1. The first-order valence-corrected chi connectivity index (χ1v) is 12.4. The van der Waals surface area contributed by atoms with Crippen molar-refractivity contribution in [3.05, 3.63) is 56.4 Å². The summed E-state index contributed by atoms with van der Waals surface area (Å²) >= 11 is 1.70. The normalized spacial score (nSPS) is 18.9. The van der Waals surface area contributed by atoms with E-state index in [1.807, 2.05) is 29.2 Å². The number of aryl methyl sites for hydroxylation is 2. The van der Waals surface area contributed by atoms with Crippen LogP contribution >= 0.6 is 11.3 Å². The van der Waals surface area contributed by atoms with Crippen molar-refractivity contribution in [3.63, 3.8) is 0 Å². The number of fused-ring (bicyclic) bond motifs is 3. The number of aromatic nitrogens is 2. The number of H-pyrrole nitrogens is 1. The van der Waals surface area contributed by atoms with Gasteiger partial charge in [-0.05, 0) is 68.2 Å². The molecule has 1 fully saturated rings. The Hall–Kier alpha value is -2.67. The van der Waals surface area contributed by atoms with E-state index in [4.69, 9.17) is 9.72 Å². The Bertz CT molecular complexity index is 1200. The number of benzene rings is 1. The second-order valence-corrected chi connectivity index (χ2v) is 9.96. The van der Waals surface area contributed by atoms with Crippen LogP contribution < -0.4 is 10.3 Å². The van der Waals surface area contributed by atoms with E-state index < -0.39 is 0 Å². The van der Waals surface area contributed by atoms with E-state index in [1.54, 1.807) is 18.4 Å². The number of aromatic amines is 1. The Kier molecular flexibility index (Phi) is 6.00. The van der Waals surface area contributed by atoms with Crippen LogP contribution in [0.15, 0.2) is 29.1 Å². The summed E-state index contributed by atoms with van der Waals surface area (Å²) in [4.78, 5) is 38.1. The van der Waals surface area contributed by atoms with Gasteiger partial charge in [0.1, 0.15) is 16.4 Å². The molecular formula is C25H29N3O3S. The van der Waals surface area contributed by atoms with Crippen molar-refractivity contribution in [2.75, 3.05) is 20.2 Å². The molecule has 7 heteroatoms. The number of thiophene rings is 1. The van der Waals surface area contributed by atoms with Crippen molar-refractivity contribution >= 4 is 27.5 Å². The Morgan fingerprint density at radius 2 is 2.09 bits per heavy atom. The van der Waals surface area contributed by atoms with Gasteiger partial charge < -0.3 is 14.6 Å². The summed E-state index contributed by atoms with van der Waals surface area (Å²) in [6.45, 7) is 1.44. The van der Waals surface area contributed by atoms with E-state index in [1.165, 1.54) is 16.9 Å². The molecule has 32 heavy (non-hydrogen) atoms. The number of hydrogen-bond donors (Lipinski definition) is 1. The SMILES string of the molecule is COc1cccc(CC(=O)N2CCCC(c3nc4sc5c(c4c(=O)[nH]3)CCCC5)CC2)c1. The summed E-state index contributed by atoms with van der Waals surface area (Å²) in [7, 11) is 1.64. The standard InChI is InChI=1S/C25H29N3O3S/c1-31-18-8-4-6-16(14-18)15-21(29)28-12-5-7-17(11-13-28)23-26-24(30)22-19-9-2-3-10-20(19)32-25(22)27-23/h4,6,8,14,17H,2-3,5,7,9-13,15H2,1H3,(H,26,27,30). The zero-order chi connectivity index (χ0) is 22.1. The van der Waals surface area contributed by atoms with Gasteiger partial charge in [0, 0.05) is 23.9 Å². The lowest BCUT2D eigenvalue weighted by atomic mass is 9.97. The summed E-state index contributed by atoms with van der Waals surface area (Å²) in [6, 6.07) is 7.69. The molecule has 1 unspecified atom stereocenters. The van der Waals surface area contributed by atoms with Crippen molar-refractivity contribution in [1.82, 2.24) is 14.9 Å². The lowest BCUT2D eigenvalue weighted by Crippen LogP contribution is -2.33. The van der Waals surface area contributed by atoms with Crippen LogP contribution in [0.25, 0.3) is 10.2 Å². The zero-order valence-corrected chi connectivity index (χ0v) is 19.3. The van der Waals surface area contributed by atoms with Crippen molar-refractivity contribution in [3.8, 4) is 5.75 Å². The van der Waals surface area contributed by atoms with Crippen LogP contribution in [0.5, 0.6) is 5.75 Å². The van der Waals surface area contributed by atoms with Crippen molar-refractivity contribution in [2.45, 2.75) is 57.3 Å². The molecule has 1 saturated heterocycles. The van der Waals surface area contributed by atoms with E-state index in [0.29, 0.717) is 13.0 Å². The molecule has 3 aromatic rings. The lowest BCUT2D eigenvalue weighted by molar-refractivity contribution is -0.130. The summed E-state index contributed by atoms with van der Waals surface area (Å²) in [5.74, 6) is 1.89. The average Bonchev–Trinajstić information content (AvgIpc) is 3.00. The number of hydrogen-bond acceptors (Lipinski definition) is 5. The van der Waals surface area contributed by atoms with Gasteiger partial charge in [-0.1, -0.05) is 12.1 Å². The number of ether oxygens (including phenoxy) is 1. The number of nitrogens with one attached hydrogen (secondary N) is 1. The van der Waals surface area contributed by atoms with Crippen molar-refractivity contribution in [1.29, 1.82) is 0 Å². The number of carbonyl (C=O) groups is 1. The molecule has 6 nitrogen and oxygen atoms in total. The molecule has 0 radical (unpaired) electrons. The number of nitrogens with zero attached hydrogens (tertiary/aromatic N) is 2. The van der Waals surface area contributed by atoms with Gasteiger partial charge in [-0.2, -0.15) is 0 Å². The van der Waals surface area contributed by atoms with E-state index >= 15 is 0 Å². The highest BCUT2D eigenvalue weighted by Crippen LogP contribution is 2.35. The first-order valence-electron chi connectivity index (χ1n) is 11.6. The molecule has 1 aromatic carbocycles. The quantitative estimate of drug-likeness (QED) is 0.645. The largest absolute Gasteiger partial charge is 0.497 e. The molecule has 168 valence electrons. The molecule has 1 amide bonds. The van der Waals surface area contributed by atoms with Gasteiger partial charge in [-0.3, -0.25) is 9.59 Å². The predicted octanol–water partition coefficient (Wildman–Crippen LogP) is 4.21. The van der Waals surface area contributed by atoms with Gasteiger partial charge >= 0.3 is 0 Å². The molecule has 0 bridgehead atoms. The topological polar surface area (TPSA) is 75.3 Å². The Morgan fingerprint density at radius 3 is 2.97 bits per heavy atom. The van der Waals surface area contributed by atoms with E-state index in [0.717, 1.165) is 72.4 Å². The summed E-state index contributed by atoms with van der Waals surface area (Å²) in [5, 5.41) is 0.817. The molecular weight excluding hydrogens is 422 g/mol. The molecule has 0 spiro atoms. The van der Waals surface area contributed by atoms with Crippen molar-refractivity contribution in [2.24, 2.45) is 0 Å². The smallest absolute Gasteiger partial charge is 0.259 e. The lowest BCUT2D eigenvalue weighted by Gasteiger charge is -2.21. The minimum atomic E-state index is 0.0135. The van der Waals surface area contributed by atoms with Gasteiger partial charge in [-0.25, -0.2) is 4.98 Å². The third-order valence-corrected chi connectivity index (χ3v) is 7.99. The van der Waals surface area contributed by atoms with E-state index in [9.17, 15) is 9.59 Å². The molecule has 3 heterocycles. The van der Waals surface area contributed by atoms with Crippen molar-refractivity contribution < 1.29 is 9.53 Å². The third kappa shape index (κ3) is 4.18. The molecule has 1 N–H and O–H groups in total. The summed E-state index contributed by atoms with van der Waals surface area (Å²) in [5.41, 5.74) is 2.21. The fraction of sp³-hybridized carbons (Fsp3) is 0.480. The highest BCUT2D eigenvalue weighted by Gasteiger charge is 2.25. The fourth-order valence-electron chi connectivity index (χ4n) is 5.06. The maximum absolute atomic E-state index is 12.9. The second-order valence-electron chi connectivity index (χ2n) is 8.88. The van der Waals surface area contributed by atoms with Gasteiger partial charge in [0.25, 0.3) is 5.56 Å². The predicted molar refractivity (Wildman–Crippen MR) is 127 cm³/mol. The summed E-state index contributed by atoms with van der Waals surface area (Å²) < 4.78 is 5.27. The molecule has 0 saturated carbocycles. The maximum atomic E-state index is 12.9. The van der Waals surface area contributed by atoms with Gasteiger partial charge in [0.05, 0.1) is 18.9 Å². The van der Waals surface area contributed by atoms with Crippen LogP contribution in [0.4, 0.5) is 0 Å². The van der Waals surface area contributed by atoms with Crippen LogP contribution in [-0.2, 0) is 24.1 Å². The highest BCUT2D eigenvalue weighted by atomic mass is 32.1. The maximum Gasteiger partial charge on any atom is 0.259 e. The average molecular weight is 452 g/mol. The minimum absolute atomic E-state index is 0.0135. The molecule has 2 aromatic heterocycles. The van der Waals surface area contributed by atoms with Gasteiger partial charge in [0.2, 0.25) is 5.91 Å². The minimum Gasteiger partial charge on any atom is -0.497 e. The number of likely N-dealkylation sites (tertiary alicyclic amines) is 1. The van der Waals surface area contributed by atoms with Gasteiger partial charge in [0.15, 0.2) is 0 Å². The number of carbonyl (C=O) groups excluding carboxylic acids is 1.